The normalized spacial score (nSPS) is 12.0. The molecule has 0 bridgehead atoms. The number of carbonyl (C=O) groups is 1. The van der Waals surface area contributed by atoms with Gasteiger partial charge in [0, 0.05) is 13.1 Å². The number of furan rings is 1. The van der Waals surface area contributed by atoms with Crippen LogP contribution < -0.4 is 0 Å². The van der Waals surface area contributed by atoms with Gasteiger partial charge < -0.3 is 9.52 Å². The first-order valence-corrected chi connectivity index (χ1v) is 13.7. The van der Waals surface area contributed by atoms with Crippen LogP contribution in [0.15, 0.2) is 101 Å². The summed E-state index contributed by atoms with van der Waals surface area (Å²) >= 11 is 0. The number of hydrogen-bond acceptors (Lipinski definition) is 4. The minimum atomic E-state index is -4.58. The Bertz CT molecular complexity index is 1820. The molecule has 0 aliphatic rings. The zero-order valence-electron chi connectivity index (χ0n) is 23.7. The molecule has 1 heterocycles. The first-order valence-electron chi connectivity index (χ1n) is 13.7. The van der Waals surface area contributed by atoms with Crippen LogP contribution >= 0.6 is 0 Å². The van der Waals surface area contributed by atoms with Gasteiger partial charge in [0.2, 0.25) is 5.76 Å². The number of carboxylic acids is 1. The first kappa shape index (κ1) is 29.6. The van der Waals surface area contributed by atoms with E-state index in [0.29, 0.717) is 24.2 Å². The topological polar surface area (TPSA) is 77.5 Å². The third-order valence-electron chi connectivity index (χ3n) is 7.68. The highest BCUT2D eigenvalue weighted by Gasteiger charge is 2.35. The van der Waals surface area contributed by atoms with Crippen molar-refractivity contribution in [2.24, 2.45) is 0 Å². The summed E-state index contributed by atoms with van der Waals surface area (Å²) in [6, 6.07) is 31.0. The standard InChI is InChI=1S/C35H29F3N2O3/c1-34(2,33(41)42)28-8-5-7-26(18-28)24-12-10-23(11-13-24)20-40(21-29-16-17-32(43-29)35(36,37)38)22-31-27(19-39)15-14-25-6-3-4-9-30(25)31/h3-18H,20-22H2,1-2H3,(H,41,42). The van der Waals surface area contributed by atoms with E-state index in [1.807, 2.05) is 77.7 Å². The molecule has 1 aromatic heterocycles. The fourth-order valence-electron chi connectivity index (χ4n) is 5.11. The molecule has 0 spiro atoms. The second kappa shape index (κ2) is 11.8. The highest BCUT2D eigenvalue weighted by atomic mass is 19.4. The number of benzene rings is 4. The number of alkyl halides is 3. The zero-order valence-corrected chi connectivity index (χ0v) is 23.7. The summed E-state index contributed by atoms with van der Waals surface area (Å²) in [4.78, 5) is 13.7. The van der Waals surface area contributed by atoms with Crippen LogP contribution in [-0.2, 0) is 36.0 Å². The van der Waals surface area contributed by atoms with E-state index in [-0.39, 0.29) is 12.3 Å². The molecule has 5 aromatic rings. The van der Waals surface area contributed by atoms with Crippen molar-refractivity contribution in [3.63, 3.8) is 0 Å². The first-order chi connectivity index (χ1) is 20.5. The molecule has 0 fully saturated rings. The Morgan fingerprint density at radius 1 is 0.860 bits per heavy atom. The Labute approximate surface area is 247 Å². The van der Waals surface area contributed by atoms with E-state index in [9.17, 15) is 28.3 Å². The number of carboxylic acid groups (broad SMARTS) is 1. The van der Waals surface area contributed by atoms with Gasteiger partial charge in [-0.15, -0.1) is 0 Å². The quantitative estimate of drug-likeness (QED) is 0.188. The Hall–Kier alpha value is -4.87. The van der Waals surface area contributed by atoms with Crippen molar-refractivity contribution in [3.05, 3.63) is 131 Å². The summed E-state index contributed by atoms with van der Waals surface area (Å²) in [5.41, 5.74) is 3.62. The van der Waals surface area contributed by atoms with Gasteiger partial charge >= 0.3 is 12.1 Å². The van der Waals surface area contributed by atoms with Crippen molar-refractivity contribution in [2.75, 3.05) is 0 Å². The molecule has 0 radical (unpaired) electrons. The van der Waals surface area contributed by atoms with Crippen LogP contribution in [0.2, 0.25) is 0 Å². The Morgan fingerprint density at radius 3 is 2.28 bits per heavy atom. The molecule has 0 unspecified atom stereocenters. The lowest BCUT2D eigenvalue weighted by molar-refractivity contribution is -0.153. The third kappa shape index (κ3) is 6.47. The van der Waals surface area contributed by atoms with Gasteiger partial charge in [0.15, 0.2) is 0 Å². The minimum absolute atomic E-state index is 0.0955. The zero-order chi connectivity index (χ0) is 30.8. The number of nitrogens with zero attached hydrogens (tertiary/aromatic N) is 2. The van der Waals surface area contributed by atoms with E-state index >= 15 is 0 Å². The summed E-state index contributed by atoms with van der Waals surface area (Å²) in [6.07, 6.45) is -4.58. The van der Waals surface area contributed by atoms with Gasteiger partial charge in [-0.25, -0.2) is 0 Å². The predicted octanol–water partition coefficient (Wildman–Crippen LogP) is 8.55. The van der Waals surface area contributed by atoms with E-state index in [1.54, 1.807) is 26.0 Å². The molecule has 218 valence electrons. The maximum Gasteiger partial charge on any atom is 0.449 e. The molecule has 0 aliphatic carbocycles. The molecule has 8 heteroatoms. The molecule has 1 N–H and O–H groups in total. The van der Waals surface area contributed by atoms with E-state index in [0.717, 1.165) is 39.1 Å². The largest absolute Gasteiger partial charge is 0.481 e. The van der Waals surface area contributed by atoms with Crippen molar-refractivity contribution in [3.8, 4) is 17.2 Å². The minimum Gasteiger partial charge on any atom is -0.481 e. The molecule has 0 saturated carbocycles. The molecule has 0 aliphatic heterocycles. The van der Waals surface area contributed by atoms with Crippen LogP contribution in [0.1, 0.15) is 47.6 Å². The van der Waals surface area contributed by atoms with Gasteiger partial charge in [-0.1, -0.05) is 78.9 Å². The van der Waals surface area contributed by atoms with E-state index in [2.05, 4.69) is 6.07 Å². The lowest BCUT2D eigenvalue weighted by Gasteiger charge is -2.23. The van der Waals surface area contributed by atoms with Crippen molar-refractivity contribution in [2.45, 2.75) is 45.1 Å². The van der Waals surface area contributed by atoms with E-state index in [1.165, 1.54) is 6.07 Å². The third-order valence-corrected chi connectivity index (χ3v) is 7.68. The van der Waals surface area contributed by atoms with E-state index < -0.39 is 23.3 Å². The molecule has 0 saturated heterocycles. The average molecular weight is 583 g/mol. The lowest BCUT2D eigenvalue weighted by atomic mass is 9.83. The number of hydrogen-bond donors (Lipinski definition) is 1. The Balaban J connectivity index is 1.45. The number of halogens is 3. The van der Waals surface area contributed by atoms with Gasteiger partial charge in [-0.3, -0.25) is 9.69 Å². The number of fused-ring (bicyclic) bond motifs is 1. The van der Waals surface area contributed by atoms with Crippen LogP contribution in [0, 0.1) is 11.3 Å². The Kier molecular flexibility index (Phi) is 8.12. The van der Waals surface area contributed by atoms with E-state index in [4.69, 9.17) is 4.42 Å². The molecular weight excluding hydrogens is 553 g/mol. The smallest absolute Gasteiger partial charge is 0.449 e. The van der Waals surface area contributed by atoms with Crippen LogP contribution in [0.3, 0.4) is 0 Å². The van der Waals surface area contributed by atoms with Crippen LogP contribution in [0.25, 0.3) is 21.9 Å². The highest BCUT2D eigenvalue weighted by molar-refractivity contribution is 5.87. The second-order valence-corrected chi connectivity index (χ2v) is 11.0. The summed E-state index contributed by atoms with van der Waals surface area (Å²) in [7, 11) is 0. The van der Waals surface area contributed by atoms with Gasteiger partial charge in [-0.2, -0.15) is 18.4 Å². The van der Waals surface area contributed by atoms with Crippen molar-refractivity contribution < 1.29 is 27.5 Å². The average Bonchev–Trinajstić information content (AvgIpc) is 3.47. The molecule has 0 atom stereocenters. The van der Waals surface area contributed by atoms with Gasteiger partial charge in [0.1, 0.15) is 5.76 Å². The van der Waals surface area contributed by atoms with Crippen molar-refractivity contribution >= 4 is 16.7 Å². The fourth-order valence-corrected chi connectivity index (χ4v) is 5.11. The van der Waals surface area contributed by atoms with Gasteiger partial charge in [0.05, 0.1) is 23.6 Å². The van der Waals surface area contributed by atoms with Crippen molar-refractivity contribution in [1.29, 1.82) is 5.26 Å². The summed E-state index contributed by atoms with van der Waals surface area (Å²) in [6.45, 7) is 4.11. The van der Waals surface area contributed by atoms with Crippen LogP contribution in [0.5, 0.6) is 0 Å². The number of rotatable bonds is 9. The fraction of sp³-hybridized carbons (Fsp3) is 0.200. The molecule has 43 heavy (non-hydrogen) atoms. The summed E-state index contributed by atoms with van der Waals surface area (Å²) < 4.78 is 44.9. The highest BCUT2D eigenvalue weighted by Crippen LogP contribution is 2.32. The summed E-state index contributed by atoms with van der Waals surface area (Å²) in [5.74, 6) is -1.80. The lowest BCUT2D eigenvalue weighted by Crippen LogP contribution is -2.28. The predicted molar refractivity (Wildman–Crippen MR) is 158 cm³/mol. The number of aliphatic carboxylic acids is 1. The maximum absolute atomic E-state index is 13.2. The van der Waals surface area contributed by atoms with Crippen molar-refractivity contribution in [1.82, 2.24) is 4.90 Å². The number of nitriles is 1. The van der Waals surface area contributed by atoms with Gasteiger partial charge in [0.25, 0.3) is 0 Å². The molecule has 4 aromatic carbocycles. The maximum atomic E-state index is 13.2. The SMILES string of the molecule is CC(C)(C(=O)O)c1cccc(-c2ccc(CN(Cc3ccc(C(F)(F)F)o3)Cc3c(C#N)ccc4ccccc34)cc2)c1. The van der Waals surface area contributed by atoms with Crippen LogP contribution in [0.4, 0.5) is 13.2 Å². The van der Waals surface area contributed by atoms with Crippen LogP contribution in [-0.4, -0.2) is 16.0 Å². The monoisotopic (exact) mass is 582 g/mol. The molecular formula is C35H29F3N2O3. The molecule has 5 nitrogen and oxygen atoms in total. The molecule has 5 rings (SSSR count). The second-order valence-electron chi connectivity index (χ2n) is 11.0. The van der Waals surface area contributed by atoms with Gasteiger partial charge in [-0.05, 0) is 70.6 Å². The summed E-state index contributed by atoms with van der Waals surface area (Å²) in [5, 5.41) is 21.4. The molecule has 0 amide bonds. The Morgan fingerprint density at radius 2 is 1.60 bits per heavy atom.